The van der Waals surface area contributed by atoms with Crippen molar-refractivity contribution in [2.45, 2.75) is 0 Å². The van der Waals surface area contributed by atoms with Gasteiger partial charge in [-0.05, 0) is 12.1 Å². The third kappa shape index (κ3) is 1.43. The molecule has 4 N–H and O–H groups in total. The fraction of sp³-hybridized carbons (Fsp3) is 0. The van der Waals surface area contributed by atoms with Crippen molar-refractivity contribution in [1.82, 2.24) is 4.98 Å². The Kier molecular flexibility index (Phi) is 1.72. The second-order valence-electron chi connectivity index (χ2n) is 1.93. The lowest BCUT2D eigenvalue weighted by atomic mass is 10.2. The molecule has 0 spiro atoms. The van der Waals surface area contributed by atoms with Crippen LogP contribution in [0.15, 0.2) is 12.1 Å². The molecule has 5 heteroatoms. The van der Waals surface area contributed by atoms with E-state index < -0.39 is 11.9 Å². The number of halogens is 1. The van der Waals surface area contributed by atoms with E-state index in [-0.39, 0.29) is 11.4 Å². The Morgan fingerprint density at radius 1 is 1.55 bits per heavy atom. The van der Waals surface area contributed by atoms with E-state index in [4.69, 9.17) is 11.5 Å². The van der Waals surface area contributed by atoms with Gasteiger partial charge in [-0.15, -0.1) is 0 Å². The van der Waals surface area contributed by atoms with E-state index in [2.05, 4.69) is 4.98 Å². The molecule has 1 aromatic rings. The van der Waals surface area contributed by atoms with Crippen LogP contribution < -0.4 is 11.5 Å². The highest BCUT2D eigenvalue weighted by atomic mass is 19.1. The molecule has 1 heterocycles. The molecular formula is C6H6FN3O. The van der Waals surface area contributed by atoms with Gasteiger partial charge in [-0.3, -0.25) is 4.79 Å². The Morgan fingerprint density at radius 3 is 2.64 bits per heavy atom. The number of amides is 1. The molecule has 0 bridgehead atoms. The largest absolute Gasteiger partial charge is 0.383 e. The van der Waals surface area contributed by atoms with E-state index >= 15 is 0 Å². The summed E-state index contributed by atoms with van der Waals surface area (Å²) in [5.41, 5.74) is 10.1. The van der Waals surface area contributed by atoms with Gasteiger partial charge in [0.15, 0.2) is 0 Å². The summed E-state index contributed by atoms with van der Waals surface area (Å²) < 4.78 is 12.3. The molecule has 4 nitrogen and oxygen atoms in total. The maximum absolute atomic E-state index is 12.3. The number of carbonyl (C=O) groups is 1. The van der Waals surface area contributed by atoms with Gasteiger partial charge in [0.05, 0.1) is 5.56 Å². The summed E-state index contributed by atoms with van der Waals surface area (Å²) in [4.78, 5) is 13.7. The van der Waals surface area contributed by atoms with Crippen molar-refractivity contribution in [2.75, 3.05) is 5.73 Å². The van der Waals surface area contributed by atoms with Crippen molar-refractivity contribution in [3.63, 3.8) is 0 Å². The topological polar surface area (TPSA) is 82.0 Å². The fourth-order valence-corrected chi connectivity index (χ4v) is 0.658. The molecule has 0 saturated heterocycles. The van der Waals surface area contributed by atoms with Crippen molar-refractivity contribution in [3.05, 3.63) is 23.6 Å². The first-order valence-corrected chi connectivity index (χ1v) is 2.83. The zero-order valence-electron chi connectivity index (χ0n) is 5.54. The highest BCUT2D eigenvalue weighted by Crippen LogP contribution is 2.07. The van der Waals surface area contributed by atoms with Crippen LogP contribution in [0.5, 0.6) is 0 Å². The van der Waals surface area contributed by atoms with Crippen LogP contribution in [0.4, 0.5) is 10.2 Å². The van der Waals surface area contributed by atoms with Gasteiger partial charge in [0.1, 0.15) is 5.82 Å². The van der Waals surface area contributed by atoms with Crippen molar-refractivity contribution in [2.24, 2.45) is 5.73 Å². The van der Waals surface area contributed by atoms with Crippen molar-refractivity contribution in [3.8, 4) is 0 Å². The number of hydrogen-bond acceptors (Lipinski definition) is 3. The maximum atomic E-state index is 12.3. The Labute approximate surface area is 62.0 Å². The highest BCUT2D eigenvalue weighted by molar-refractivity contribution is 5.96. The van der Waals surface area contributed by atoms with Gasteiger partial charge in [-0.2, -0.15) is 4.39 Å². The minimum atomic E-state index is -0.729. The Bertz CT molecular complexity index is 300. The number of anilines is 1. The van der Waals surface area contributed by atoms with E-state index in [1.165, 1.54) is 6.07 Å². The number of pyridine rings is 1. The molecule has 0 radical (unpaired) electrons. The van der Waals surface area contributed by atoms with Gasteiger partial charge in [-0.25, -0.2) is 4.98 Å². The quantitative estimate of drug-likeness (QED) is 0.555. The molecule has 1 aromatic heterocycles. The number of nitrogens with zero attached hydrogens (tertiary/aromatic N) is 1. The Balaban J connectivity index is 3.20. The number of carbonyl (C=O) groups excluding carboxylic acids is 1. The number of aromatic nitrogens is 1. The highest BCUT2D eigenvalue weighted by Gasteiger charge is 2.06. The average molecular weight is 155 g/mol. The SMILES string of the molecule is NC(=O)c1ccc(F)nc1N. The average Bonchev–Trinajstić information content (AvgIpc) is 1.85. The molecule has 0 fully saturated rings. The van der Waals surface area contributed by atoms with Crippen LogP contribution in [0.3, 0.4) is 0 Å². The standard InChI is InChI=1S/C6H6FN3O/c7-4-2-1-3(6(9)11)5(8)10-4/h1-2H,(H2,8,10)(H2,9,11). The zero-order chi connectivity index (χ0) is 8.43. The Morgan fingerprint density at radius 2 is 2.18 bits per heavy atom. The first-order chi connectivity index (χ1) is 5.11. The van der Waals surface area contributed by atoms with Crippen LogP contribution in [0.1, 0.15) is 10.4 Å². The Hall–Kier alpha value is -1.65. The number of nitrogen functional groups attached to an aromatic ring is 1. The van der Waals surface area contributed by atoms with Crippen LogP contribution in [-0.4, -0.2) is 10.9 Å². The molecule has 0 aliphatic rings. The van der Waals surface area contributed by atoms with Crippen LogP contribution >= 0.6 is 0 Å². The third-order valence-electron chi connectivity index (χ3n) is 1.16. The fourth-order valence-electron chi connectivity index (χ4n) is 0.658. The van der Waals surface area contributed by atoms with E-state index in [1.807, 2.05) is 0 Å². The van der Waals surface area contributed by atoms with E-state index in [9.17, 15) is 9.18 Å². The van der Waals surface area contributed by atoms with Crippen LogP contribution in [0.2, 0.25) is 0 Å². The predicted octanol–water partition coefficient (Wildman–Crippen LogP) is -0.0982. The van der Waals surface area contributed by atoms with Gasteiger partial charge < -0.3 is 11.5 Å². The van der Waals surface area contributed by atoms with Crippen LogP contribution in [-0.2, 0) is 0 Å². The molecular weight excluding hydrogens is 149 g/mol. The normalized spacial score (nSPS) is 9.55. The molecule has 0 aliphatic heterocycles. The molecule has 0 unspecified atom stereocenters. The smallest absolute Gasteiger partial charge is 0.252 e. The second kappa shape index (κ2) is 2.53. The third-order valence-corrected chi connectivity index (χ3v) is 1.16. The lowest BCUT2D eigenvalue weighted by Gasteiger charge is -1.97. The van der Waals surface area contributed by atoms with Crippen molar-refractivity contribution in [1.29, 1.82) is 0 Å². The summed E-state index contributed by atoms with van der Waals surface area (Å²) in [6, 6.07) is 2.22. The van der Waals surface area contributed by atoms with Gasteiger partial charge in [0.25, 0.3) is 5.91 Å². The number of primary amides is 1. The number of rotatable bonds is 1. The lowest BCUT2D eigenvalue weighted by molar-refractivity contribution is 0.100. The summed E-state index contributed by atoms with van der Waals surface area (Å²) in [5, 5.41) is 0. The maximum Gasteiger partial charge on any atom is 0.252 e. The zero-order valence-corrected chi connectivity index (χ0v) is 5.54. The summed E-state index contributed by atoms with van der Waals surface area (Å²) in [6.45, 7) is 0. The van der Waals surface area contributed by atoms with Gasteiger partial charge in [0.2, 0.25) is 5.95 Å². The molecule has 11 heavy (non-hydrogen) atoms. The van der Waals surface area contributed by atoms with Gasteiger partial charge in [-0.1, -0.05) is 0 Å². The summed E-state index contributed by atoms with van der Waals surface area (Å²) >= 11 is 0. The number of nitrogens with two attached hydrogens (primary N) is 2. The molecule has 1 rings (SSSR count). The molecule has 0 aliphatic carbocycles. The molecule has 58 valence electrons. The van der Waals surface area contributed by atoms with Crippen LogP contribution in [0, 0.1) is 5.95 Å². The summed E-state index contributed by atoms with van der Waals surface area (Å²) in [5.74, 6) is -1.62. The molecule has 0 aromatic carbocycles. The minimum Gasteiger partial charge on any atom is -0.383 e. The van der Waals surface area contributed by atoms with E-state index in [1.54, 1.807) is 0 Å². The number of hydrogen-bond donors (Lipinski definition) is 2. The van der Waals surface area contributed by atoms with Gasteiger partial charge >= 0.3 is 0 Å². The summed E-state index contributed by atoms with van der Waals surface area (Å²) in [6.07, 6.45) is 0. The molecule has 1 amide bonds. The molecule has 0 saturated carbocycles. The van der Waals surface area contributed by atoms with Gasteiger partial charge in [0, 0.05) is 0 Å². The predicted molar refractivity (Wildman–Crippen MR) is 37.1 cm³/mol. The lowest BCUT2D eigenvalue weighted by Crippen LogP contribution is -2.14. The second-order valence-corrected chi connectivity index (χ2v) is 1.93. The van der Waals surface area contributed by atoms with Crippen molar-refractivity contribution >= 4 is 11.7 Å². The van der Waals surface area contributed by atoms with Crippen LogP contribution in [0.25, 0.3) is 0 Å². The van der Waals surface area contributed by atoms with Crippen molar-refractivity contribution < 1.29 is 9.18 Å². The summed E-state index contributed by atoms with van der Waals surface area (Å²) in [7, 11) is 0. The van der Waals surface area contributed by atoms with E-state index in [0.29, 0.717) is 0 Å². The first-order valence-electron chi connectivity index (χ1n) is 2.83. The van der Waals surface area contributed by atoms with E-state index in [0.717, 1.165) is 6.07 Å². The molecule has 0 atom stereocenters. The minimum absolute atomic E-state index is 0.0337. The first kappa shape index (κ1) is 7.46. The monoisotopic (exact) mass is 155 g/mol.